The molecule has 3 N–H and O–H groups in total. The summed E-state index contributed by atoms with van der Waals surface area (Å²) < 4.78 is 0. The molecule has 0 saturated heterocycles. The van der Waals surface area contributed by atoms with E-state index in [-0.39, 0.29) is 6.03 Å². The van der Waals surface area contributed by atoms with Gasteiger partial charge in [-0.05, 0) is 37.0 Å². The number of carboxylic acids is 1. The van der Waals surface area contributed by atoms with Crippen molar-refractivity contribution in [2.75, 3.05) is 11.9 Å². The summed E-state index contributed by atoms with van der Waals surface area (Å²) in [6.45, 7) is 4.12. The quantitative estimate of drug-likeness (QED) is 0.688. The molecule has 0 bridgehead atoms. The Kier molecular flexibility index (Phi) is 7.29. The van der Waals surface area contributed by atoms with Crippen LogP contribution in [0.4, 0.5) is 10.5 Å². The summed E-state index contributed by atoms with van der Waals surface area (Å²) in [5.41, 5.74) is 2.00. The van der Waals surface area contributed by atoms with Crippen molar-refractivity contribution in [2.24, 2.45) is 5.92 Å². The average molecular weight is 292 g/mol. The third-order valence-corrected chi connectivity index (χ3v) is 3.32. The lowest BCUT2D eigenvalue weighted by Crippen LogP contribution is -2.31. The van der Waals surface area contributed by atoms with E-state index in [1.54, 1.807) is 6.92 Å². The van der Waals surface area contributed by atoms with Crippen LogP contribution in [0.1, 0.15) is 38.7 Å². The number of amides is 2. The van der Waals surface area contributed by atoms with E-state index in [9.17, 15) is 9.59 Å². The van der Waals surface area contributed by atoms with Gasteiger partial charge in [-0.3, -0.25) is 4.79 Å². The number of hydrogen-bond acceptors (Lipinski definition) is 2. The van der Waals surface area contributed by atoms with Crippen molar-refractivity contribution in [3.8, 4) is 0 Å². The number of anilines is 1. The van der Waals surface area contributed by atoms with Gasteiger partial charge in [-0.2, -0.15) is 0 Å². The molecule has 0 fully saturated rings. The monoisotopic (exact) mass is 292 g/mol. The molecule has 5 heteroatoms. The minimum absolute atomic E-state index is 0.311. The number of aliphatic carboxylic acids is 1. The Bertz CT molecular complexity index is 457. The van der Waals surface area contributed by atoms with Gasteiger partial charge in [-0.15, -0.1) is 0 Å². The molecule has 0 aromatic heterocycles. The van der Waals surface area contributed by atoms with Gasteiger partial charge < -0.3 is 15.7 Å². The number of carbonyl (C=O) groups is 2. The molecule has 0 saturated carbocycles. The van der Waals surface area contributed by atoms with E-state index < -0.39 is 11.9 Å². The number of hydrogen-bond donors (Lipinski definition) is 3. The van der Waals surface area contributed by atoms with E-state index in [2.05, 4.69) is 17.6 Å². The van der Waals surface area contributed by atoms with Gasteiger partial charge in [0.1, 0.15) is 0 Å². The van der Waals surface area contributed by atoms with Crippen molar-refractivity contribution in [1.29, 1.82) is 0 Å². The topological polar surface area (TPSA) is 78.4 Å². The first kappa shape index (κ1) is 17.0. The van der Waals surface area contributed by atoms with Crippen molar-refractivity contribution >= 4 is 17.7 Å². The Hall–Kier alpha value is -2.04. The number of carbonyl (C=O) groups excluding carboxylic acids is 1. The molecule has 0 aliphatic rings. The van der Waals surface area contributed by atoms with Crippen LogP contribution in [0.2, 0.25) is 0 Å². The highest BCUT2D eigenvalue weighted by molar-refractivity contribution is 5.89. The number of benzene rings is 1. The summed E-state index contributed by atoms with van der Waals surface area (Å²) in [7, 11) is 0. The van der Waals surface area contributed by atoms with Crippen molar-refractivity contribution in [3.63, 3.8) is 0 Å². The molecule has 21 heavy (non-hydrogen) atoms. The number of urea groups is 1. The van der Waals surface area contributed by atoms with Crippen LogP contribution in [0.3, 0.4) is 0 Å². The van der Waals surface area contributed by atoms with Crippen LogP contribution in [0.25, 0.3) is 0 Å². The zero-order valence-electron chi connectivity index (χ0n) is 12.7. The maximum Gasteiger partial charge on any atom is 0.319 e. The maximum absolute atomic E-state index is 11.7. The van der Waals surface area contributed by atoms with Crippen LogP contribution in [0.15, 0.2) is 24.3 Å². The van der Waals surface area contributed by atoms with E-state index in [1.807, 2.05) is 24.3 Å². The fourth-order valence-electron chi connectivity index (χ4n) is 1.84. The molecule has 2 amide bonds. The predicted octanol–water partition coefficient (Wildman–Crippen LogP) is 3.26. The number of rotatable bonds is 8. The third kappa shape index (κ3) is 6.79. The highest BCUT2D eigenvalue weighted by atomic mass is 16.4. The normalized spacial score (nSPS) is 11.7. The van der Waals surface area contributed by atoms with Crippen LogP contribution in [-0.4, -0.2) is 23.7 Å². The summed E-state index contributed by atoms with van der Waals surface area (Å²) in [5.74, 6) is -1.30. The smallest absolute Gasteiger partial charge is 0.319 e. The fraction of sp³-hybridized carbons (Fsp3) is 0.500. The second-order valence-corrected chi connectivity index (χ2v) is 5.21. The molecule has 0 aliphatic carbocycles. The van der Waals surface area contributed by atoms with Crippen LogP contribution < -0.4 is 10.6 Å². The molecule has 1 rings (SSSR count). The van der Waals surface area contributed by atoms with Gasteiger partial charge in [0.15, 0.2) is 0 Å². The molecule has 0 spiro atoms. The molecule has 0 radical (unpaired) electrons. The van der Waals surface area contributed by atoms with E-state index >= 15 is 0 Å². The Morgan fingerprint density at radius 3 is 2.48 bits per heavy atom. The summed E-state index contributed by atoms with van der Waals surface area (Å²) in [5, 5.41) is 14.1. The predicted molar refractivity (Wildman–Crippen MR) is 83.5 cm³/mol. The summed E-state index contributed by atoms with van der Waals surface area (Å²) in [4.78, 5) is 22.3. The molecule has 1 aromatic carbocycles. The van der Waals surface area contributed by atoms with Gasteiger partial charge in [0.25, 0.3) is 0 Å². The van der Waals surface area contributed by atoms with Crippen molar-refractivity contribution < 1.29 is 14.7 Å². The average Bonchev–Trinajstić information content (AvgIpc) is 2.46. The van der Waals surface area contributed by atoms with E-state index in [4.69, 9.17) is 5.11 Å². The molecule has 1 unspecified atom stereocenters. The minimum atomic E-state index is -0.847. The first-order chi connectivity index (χ1) is 10.0. The molecule has 5 nitrogen and oxygen atoms in total. The largest absolute Gasteiger partial charge is 0.481 e. The first-order valence-corrected chi connectivity index (χ1v) is 7.39. The number of unbranched alkanes of at least 4 members (excludes halogenated alkanes) is 1. The minimum Gasteiger partial charge on any atom is -0.481 e. The van der Waals surface area contributed by atoms with Gasteiger partial charge in [0, 0.05) is 12.2 Å². The van der Waals surface area contributed by atoms with Crippen molar-refractivity contribution in [1.82, 2.24) is 5.32 Å². The van der Waals surface area contributed by atoms with E-state index in [1.165, 1.54) is 5.56 Å². The first-order valence-electron chi connectivity index (χ1n) is 7.39. The Morgan fingerprint density at radius 1 is 1.24 bits per heavy atom. The Balaban J connectivity index is 2.32. The lowest BCUT2D eigenvalue weighted by atomic mass is 10.1. The lowest BCUT2D eigenvalue weighted by molar-refractivity contribution is -0.141. The van der Waals surface area contributed by atoms with Crippen molar-refractivity contribution in [2.45, 2.75) is 39.5 Å². The van der Waals surface area contributed by atoms with Gasteiger partial charge in [0.2, 0.25) is 0 Å². The van der Waals surface area contributed by atoms with Crippen LogP contribution in [-0.2, 0) is 11.2 Å². The third-order valence-electron chi connectivity index (χ3n) is 3.32. The summed E-state index contributed by atoms with van der Waals surface area (Å²) >= 11 is 0. The fourth-order valence-corrected chi connectivity index (χ4v) is 1.84. The molecular weight excluding hydrogens is 268 g/mol. The van der Waals surface area contributed by atoms with Crippen LogP contribution >= 0.6 is 0 Å². The highest BCUT2D eigenvalue weighted by Gasteiger charge is 2.10. The van der Waals surface area contributed by atoms with E-state index in [0.717, 1.165) is 24.9 Å². The molecule has 0 heterocycles. The maximum atomic E-state index is 11.7. The molecular formula is C16H24N2O3. The molecule has 1 aromatic rings. The SMILES string of the molecule is CCCCc1ccc(NC(=O)NCCC(C)C(=O)O)cc1. The molecule has 0 aliphatic heterocycles. The summed E-state index contributed by atoms with van der Waals surface area (Å²) in [6, 6.07) is 7.47. The van der Waals surface area contributed by atoms with Gasteiger partial charge >= 0.3 is 12.0 Å². The standard InChI is InChI=1S/C16H24N2O3/c1-3-4-5-13-6-8-14(9-7-13)18-16(21)17-11-10-12(2)15(19)20/h6-9,12H,3-5,10-11H2,1-2H3,(H,19,20)(H2,17,18,21). The second kappa shape index (κ2) is 9.00. The van der Waals surface area contributed by atoms with Gasteiger partial charge in [-0.1, -0.05) is 32.4 Å². The van der Waals surface area contributed by atoms with Crippen LogP contribution in [0, 0.1) is 5.92 Å². The van der Waals surface area contributed by atoms with Gasteiger partial charge in [-0.25, -0.2) is 4.79 Å². The zero-order chi connectivity index (χ0) is 15.7. The zero-order valence-corrected chi connectivity index (χ0v) is 12.7. The van der Waals surface area contributed by atoms with Crippen molar-refractivity contribution in [3.05, 3.63) is 29.8 Å². The summed E-state index contributed by atoms with van der Waals surface area (Å²) in [6.07, 6.45) is 3.79. The number of aryl methyl sites for hydroxylation is 1. The highest BCUT2D eigenvalue weighted by Crippen LogP contribution is 2.11. The number of carboxylic acid groups (broad SMARTS) is 1. The Labute approximate surface area is 125 Å². The molecule has 116 valence electrons. The number of nitrogens with one attached hydrogen (secondary N) is 2. The van der Waals surface area contributed by atoms with E-state index in [0.29, 0.717) is 13.0 Å². The van der Waals surface area contributed by atoms with Crippen LogP contribution in [0.5, 0.6) is 0 Å². The van der Waals surface area contributed by atoms with Gasteiger partial charge in [0.05, 0.1) is 5.92 Å². The Morgan fingerprint density at radius 2 is 1.90 bits per heavy atom. The lowest BCUT2D eigenvalue weighted by Gasteiger charge is -2.10. The molecule has 1 atom stereocenters. The second-order valence-electron chi connectivity index (χ2n) is 5.21.